The Balaban J connectivity index is 2.03. The maximum atomic E-state index is 6.01. The highest BCUT2D eigenvalue weighted by Crippen LogP contribution is 2.20. The number of nitrogens with one attached hydrogen (secondary N) is 1. The molecule has 1 aromatic heterocycles. The van der Waals surface area contributed by atoms with Crippen molar-refractivity contribution in [3.63, 3.8) is 0 Å². The van der Waals surface area contributed by atoms with Gasteiger partial charge in [0.2, 0.25) is 0 Å². The maximum Gasteiger partial charge on any atom is 0.134 e. The number of anilines is 1. The van der Waals surface area contributed by atoms with Gasteiger partial charge in [0, 0.05) is 31.1 Å². The van der Waals surface area contributed by atoms with Crippen LogP contribution in [-0.2, 0) is 11.2 Å². The zero-order chi connectivity index (χ0) is 13.0. The molecule has 2 unspecified atom stereocenters. The molecule has 18 heavy (non-hydrogen) atoms. The molecule has 5 heteroatoms. The fraction of sp³-hybridized carbons (Fsp3) is 0.692. The third kappa shape index (κ3) is 3.56. The zero-order valence-corrected chi connectivity index (χ0v) is 11.7. The molecule has 1 saturated heterocycles. The average Bonchev–Trinajstić information content (AvgIpc) is 2.81. The van der Waals surface area contributed by atoms with Gasteiger partial charge in [-0.1, -0.05) is 18.5 Å². The van der Waals surface area contributed by atoms with Gasteiger partial charge < -0.3 is 10.1 Å². The number of aromatic nitrogens is 2. The fourth-order valence-electron chi connectivity index (χ4n) is 2.17. The van der Waals surface area contributed by atoms with E-state index in [4.69, 9.17) is 16.3 Å². The van der Waals surface area contributed by atoms with Crippen molar-refractivity contribution >= 4 is 17.4 Å². The summed E-state index contributed by atoms with van der Waals surface area (Å²) in [6.07, 6.45) is 2.98. The molecule has 1 aromatic rings. The molecule has 0 aliphatic carbocycles. The van der Waals surface area contributed by atoms with Crippen LogP contribution in [0.1, 0.15) is 32.5 Å². The van der Waals surface area contributed by atoms with Crippen molar-refractivity contribution in [2.75, 3.05) is 18.5 Å². The van der Waals surface area contributed by atoms with Crippen LogP contribution in [-0.4, -0.2) is 29.2 Å². The molecule has 0 amide bonds. The third-order valence-electron chi connectivity index (χ3n) is 3.26. The quantitative estimate of drug-likeness (QED) is 0.835. The first-order valence-corrected chi connectivity index (χ1v) is 6.94. The van der Waals surface area contributed by atoms with E-state index in [2.05, 4.69) is 29.1 Å². The van der Waals surface area contributed by atoms with Crippen LogP contribution < -0.4 is 5.32 Å². The molecule has 2 rings (SSSR count). The Labute approximate surface area is 113 Å². The fourth-order valence-corrected chi connectivity index (χ4v) is 2.37. The summed E-state index contributed by atoms with van der Waals surface area (Å²) in [5.74, 6) is 2.17. The lowest BCUT2D eigenvalue weighted by Gasteiger charge is -2.20. The van der Waals surface area contributed by atoms with Gasteiger partial charge >= 0.3 is 0 Å². The van der Waals surface area contributed by atoms with Crippen molar-refractivity contribution in [1.29, 1.82) is 0 Å². The maximum absolute atomic E-state index is 6.01. The minimum Gasteiger partial charge on any atom is -0.381 e. The lowest BCUT2D eigenvalue weighted by molar-refractivity contribution is 0.183. The number of hydrogen-bond acceptors (Lipinski definition) is 4. The molecular weight excluding hydrogens is 250 g/mol. The van der Waals surface area contributed by atoms with Gasteiger partial charge in [-0.2, -0.15) is 0 Å². The number of aryl methyl sites for hydroxylation is 1. The highest BCUT2D eigenvalue weighted by molar-refractivity contribution is 6.29. The van der Waals surface area contributed by atoms with Crippen LogP contribution in [0, 0.1) is 5.92 Å². The summed E-state index contributed by atoms with van der Waals surface area (Å²) in [6.45, 7) is 5.96. The normalized spacial score (nSPS) is 20.9. The number of ether oxygens (including phenoxy) is 1. The number of rotatable bonds is 5. The zero-order valence-electron chi connectivity index (χ0n) is 10.9. The summed E-state index contributed by atoms with van der Waals surface area (Å²) in [6, 6.07) is 2.13. The van der Waals surface area contributed by atoms with E-state index in [0.717, 1.165) is 44.1 Å². The molecule has 0 saturated carbocycles. The van der Waals surface area contributed by atoms with Crippen LogP contribution in [0.25, 0.3) is 0 Å². The summed E-state index contributed by atoms with van der Waals surface area (Å²) >= 11 is 6.01. The van der Waals surface area contributed by atoms with Crippen molar-refractivity contribution in [3.8, 4) is 0 Å². The molecule has 1 aliphatic heterocycles. The first kappa shape index (κ1) is 13.6. The van der Waals surface area contributed by atoms with Gasteiger partial charge in [-0.3, -0.25) is 0 Å². The Morgan fingerprint density at radius 1 is 1.56 bits per heavy atom. The molecule has 2 atom stereocenters. The second-order valence-corrected chi connectivity index (χ2v) is 5.19. The average molecular weight is 270 g/mol. The monoisotopic (exact) mass is 269 g/mol. The van der Waals surface area contributed by atoms with E-state index < -0.39 is 0 Å². The van der Waals surface area contributed by atoms with E-state index in [1.54, 1.807) is 6.07 Å². The van der Waals surface area contributed by atoms with Crippen molar-refractivity contribution in [1.82, 2.24) is 9.97 Å². The van der Waals surface area contributed by atoms with Gasteiger partial charge in [-0.15, -0.1) is 0 Å². The van der Waals surface area contributed by atoms with Crippen molar-refractivity contribution in [2.24, 2.45) is 5.92 Å². The van der Waals surface area contributed by atoms with Gasteiger partial charge in [0.15, 0.2) is 0 Å². The number of hydrogen-bond donors (Lipinski definition) is 1. The number of halogens is 1. The van der Waals surface area contributed by atoms with E-state index in [1.165, 1.54) is 0 Å². The molecule has 1 fully saturated rings. The standard InChI is InChI=1S/C13H20ClN3O/c1-3-4-12-16-11(14)7-13(17-12)15-9(2)10-5-6-18-8-10/h7,9-10H,3-6,8H2,1-2H3,(H,15,16,17). The Kier molecular flexibility index (Phi) is 4.78. The van der Waals surface area contributed by atoms with E-state index in [-0.39, 0.29) is 0 Å². The Hall–Kier alpha value is -0.870. The molecule has 0 bridgehead atoms. The van der Waals surface area contributed by atoms with Crippen molar-refractivity contribution in [3.05, 3.63) is 17.0 Å². The van der Waals surface area contributed by atoms with Crippen LogP contribution >= 0.6 is 11.6 Å². The summed E-state index contributed by atoms with van der Waals surface area (Å²) in [7, 11) is 0. The Morgan fingerprint density at radius 2 is 2.39 bits per heavy atom. The number of nitrogens with zero attached hydrogens (tertiary/aromatic N) is 2. The predicted molar refractivity (Wildman–Crippen MR) is 73.0 cm³/mol. The van der Waals surface area contributed by atoms with Crippen molar-refractivity contribution in [2.45, 2.75) is 39.2 Å². The van der Waals surface area contributed by atoms with E-state index in [0.29, 0.717) is 17.1 Å². The van der Waals surface area contributed by atoms with Crippen LogP contribution in [0.2, 0.25) is 5.15 Å². The van der Waals surface area contributed by atoms with E-state index >= 15 is 0 Å². The molecule has 100 valence electrons. The van der Waals surface area contributed by atoms with Crippen LogP contribution in [0.4, 0.5) is 5.82 Å². The largest absolute Gasteiger partial charge is 0.381 e. The molecule has 0 spiro atoms. The van der Waals surface area contributed by atoms with Gasteiger partial charge in [0.25, 0.3) is 0 Å². The van der Waals surface area contributed by atoms with Crippen LogP contribution in [0.5, 0.6) is 0 Å². The molecule has 2 heterocycles. The minimum absolute atomic E-state index is 0.341. The predicted octanol–water partition coefficient (Wildman–Crippen LogP) is 2.92. The van der Waals surface area contributed by atoms with Gasteiger partial charge in [0.05, 0.1) is 6.61 Å². The molecule has 4 nitrogen and oxygen atoms in total. The highest BCUT2D eigenvalue weighted by atomic mass is 35.5. The Bertz CT molecular complexity index is 394. The summed E-state index contributed by atoms with van der Waals surface area (Å²) in [5, 5.41) is 3.91. The van der Waals surface area contributed by atoms with E-state index in [1.807, 2.05) is 0 Å². The molecular formula is C13H20ClN3O. The van der Waals surface area contributed by atoms with Crippen molar-refractivity contribution < 1.29 is 4.74 Å². The molecule has 0 radical (unpaired) electrons. The summed E-state index contributed by atoms with van der Waals surface area (Å²) < 4.78 is 5.40. The first-order valence-electron chi connectivity index (χ1n) is 6.56. The lowest BCUT2D eigenvalue weighted by Crippen LogP contribution is -2.26. The topological polar surface area (TPSA) is 47.0 Å². The van der Waals surface area contributed by atoms with E-state index in [9.17, 15) is 0 Å². The lowest BCUT2D eigenvalue weighted by atomic mass is 10.0. The summed E-state index contributed by atoms with van der Waals surface area (Å²) in [4.78, 5) is 8.71. The highest BCUT2D eigenvalue weighted by Gasteiger charge is 2.22. The second kappa shape index (κ2) is 6.34. The third-order valence-corrected chi connectivity index (χ3v) is 3.46. The Morgan fingerprint density at radius 3 is 3.06 bits per heavy atom. The van der Waals surface area contributed by atoms with Gasteiger partial charge in [0.1, 0.15) is 16.8 Å². The van der Waals surface area contributed by atoms with Crippen LogP contribution in [0.3, 0.4) is 0 Å². The summed E-state index contributed by atoms with van der Waals surface area (Å²) in [5.41, 5.74) is 0. The first-order chi connectivity index (χ1) is 8.69. The second-order valence-electron chi connectivity index (χ2n) is 4.80. The van der Waals surface area contributed by atoms with Crippen LogP contribution in [0.15, 0.2) is 6.07 Å². The van der Waals surface area contributed by atoms with Gasteiger partial charge in [-0.25, -0.2) is 9.97 Å². The molecule has 1 aliphatic rings. The molecule has 1 N–H and O–H groups in total. The molecule has 0 aromatic carbocycles. The van der Waals surface area contributed by atoms with Gasteiger partial charge in [-0.05, 0) is 19.8 Å². The minimum atomic E-state index is 0.341. The SMILES string of the molecule is CCCc1nc(Cl)cc(NC(C)C2CCOC2)n1. The smallest absolute Gasteiger partial charge is 0.134 e.